The number of pyridine rings is 1. The summed E-state index contributed by atoms with van der Waals surface area (Å²) in [7, 11) is 2.07. The molecule has 2 aromatic rings. The van der Waals surface area contributed by atoms with E-state index in [0.29, 0.717) is 6.79 Å². The first kappa shape index (κ1) is 18.1. The van der Waals surface area contributed by atoms with Crippen molar-refractivity contribution in [1.82, 2.24) is 4.98 Å². The van der Waals surface area contributed by atoms with E-state index in [9.17, 15) is 0 Å². The van der Waals surface area contributed by atoms with Gasteiger partial charge in [0.2, 0.25) is 6.79 Å². The van der Waals surface area contributed by atoms with Crippen molar-refractivity contribution in [2.75, 3.05) is 25.3 Å². The number of hydrogen-bond donors (Lipinski definition) is 2. The van der Waals surface area contributed by atoms with Crippen molar-refractivity contribution in [2.45, 2.75) is 6.42 Å². The van der Waals surface area contributed by atoms with Gasteiger partial charge in [-0.15, -0.1) is 0 Å². The van der Waals surface area contributed by atoms with Gasteiger partial charge in [-0.3, -0.25) is 4.98 Å². The maximum Gasteiger partial charge on any atom is 0.414 e. The first-order valence-electron chi connectivity index (χ1n) is 7.43. The SMILES string of the molecule is CN(CCc1ccc2c(c1)OCO2)c1cccnc1.O=C(O)C(=O)O. The molecule has 0 radical (unpaired) electrons. The third-order valence-electron chi connectivity index (χ3n) is 3.44. The highest BCUT2D eigenvalue weighted by Gasteiger charge is 2.13. The number of anilines is 1. The summed E-state index contributed by atoms with van der Waals surface area (Å²) in [5.41, 5.74) is 2.38. The minimum atomic E-state index is -1.82. The molecule has 0 aliphatic carbocycles. The first-order valence-corrected chi connectivity index (χ1v) is 7.43. The number of aromatic nitrogens is 1. The Hall–Kier alpha value is -3.29. The van der Waals surface area contributed by atoms with E-state index in [4.69, 9.17) is 29.3 Å². The van der Waals surface area contributed by atoms with Crippen molar-refractivity contribution in [3.05, 3.63) is 48.3 Å². The number of benzene rings is 1. The molecule has 0 bridgehead atoms. The largest absolute Gasteiger partial charge is 0.473 e. The van der Waals surface area contributed by atoms with Crippen molar-refractivity contribution in [2.24, 2.45) is 0 Å². The number of carboxylic acids is 2. The Morgan fingerprint density at radius 3 is 2.52 bits per heavy atom. The number of fused-ring (bicyclic) bond motifs is 1. The Balaban J connectivity index is 0.000000326. The lowest BCUT2D eigenvalue weighted by Gasteiger charge is -2.18. The predicted molar refractivity (Wildman–Crippen MR) is 89.0 cm³/mol. The van der Waals surface area contributed by atoms with Crippen molar-refractivity contribution in [1.29, 1.82) is 0 Å². The second-order valence-corrected chi connectivity index (χ2v) is 5.18. The summed E-state index contributed by atoms with van der Waals surface area (Å²) in [4.78, 5) is 24.5. The standard InChI is InChI=1S/C15H16N2O2.C2H2O4/c1-17(13-3-2-7-16-10-13)8-6-12-4-5-14-15(9-12)19-11-18-14;3-1(4)2(5)6/h2-5,7,9-10H,6,8,11H2,1H3;(H,3,4)(H,5,6). The van der Waals surface area contributed by atoms with E-state index in [1.807, 2.05) is 18.3 Å². The van der Waals surface area contributed by atoms with E-state index >= 15 is 0 Å². The Morgan fingerprint density at radius 2 is 1.88 bits per heavy atom. The normalized spacial score (nSPS) is 11.2. The molecule has 8 heteroatoms. The maximum absolute atomic E-state index is 9.10. The molecule has 25 heavy (non-hydrogen) atoms. The fourth-order valence-electron chi connectivity index (χ4n) is 2.10. The van der Waals surface area contributed by atoms with Gasteiger partial charge < -0.3 is 24.6 Å². The molecular formula is C17H18N2O6. The summed E-state index contributed by atoms with van der Waals surface area (Å²) in [6, 6.07) is 10.1. The molecule has 2 N–H and O–H groups in total. The minimum Gasteiger partial charge on any atom is -0.473 e. The average Bonchev–Trinajstić information content (AvgIpc) is 3.08. The third kappa shape index (κ3) is 5.38. The number of hydrogen-bond acceptors (Lipinski definition) is 6. The lowest BCUT2D eigenvalue weighted by molar-refractivity contribution is -0.159. The zero-order chi connectivity index (χ0) is 18.2. The summed E-state index contributed by atoms with van der Waals surface area (Å²) < 4.78 is 10.7. The molecule has 1 aromatic carbocycles. The van der Waals surface area contributed by atoms with Crippen LogP contribution in [-0.2, 0) is 16.0 Å². The summed E-state index contributed by atoms with van der Waals surface area (Å²) in [5, 5.41) is 14.8. The average molecular weight is 346 g/mol. The molecular weight excluding hydrogens is 328 g/mol. The van der Waals surface area contributed by atoms with Gasteiger partial charge in [0.1, 0.15) is 0 Å². The van der Waals surface area contributed by atoms with Crippen molar-refractivity contribution in [3.8, 4) is 11.5 Å². The zero-order valence-electron chi connectivity index (χ0n) is 13.6. The molecule has 1 aromatic heterocycles. The van der Waals surface area contributed by atoms with Crippen molar-refractivity contribution >= 4 is 17.6 Å². The van der Waals surface area contributed by atoms with Gasteiger partial charge in [-0.05, 0) is 36.2 Å². The van der Waals surface area contributed by atoms with Crippen LogP contribution in [0.3, 0.4) is 0 Å². The summed E-state index contributed by atoms with van der Waals surface area (Å²) in [6.45, 7) is 1.26. The number of carboxylic acid groups (broad SMARTS) is 2. The number of aliphatic carboxylic acids is 2. The number of ether oxygens (including phenoxy) is 2. The van der Waals surface area contributed by atoms with Crippen LogP contribution in [0.25, 0.3) is 0 Å². The summed E-state index contributed by atoms with van der Waals surface area (Å²) >= 11 is 0. The number of carbonyl (C=O) groups is 2. The van der Waals surface area contributed by atoms with Crippen LogP contribution < -0.4 is 14.4 Å². The Kier molecular flexibility index (Phi) is 6.16. The van der Waals surface area contributed by atoms with Crippen LogP contribution in [0.1, 0.15) is 5.56 Å². The number of nitrogens with zero attached hydrogens (tertiary/aromatic N) is 2. The van der Waals surface area contributed by atoms with E-state index in [1.54, 1.807) is 6.20 Å². The molecule has 0 spiro atoms. The zero-order valence-corrected chi connectivity index (χ0v) is 13.6. The molecule has 132 valence electrons. The predicted octanol–water partition coefficient (Wildman–Crippen LogP) is 1.64. The molecule has 0 amide bonds. The monoisotopic (exact) mass is 346 g/mol. The highest BCUT2D eigenvalue weighted by atomic mass is 16.7. The van der Waals surface area contributed by atoms with Gasteiger partial charge in [0, 0.05) is 19.8 Å². The fraction of sp³-hybridized carbons (Fsp3) is 0.235. The van der Waals surface area contributed by atoms with E-state index in [1.165, 1.54) is 5.56 Å². The van der Waals surface area contributed by atoms with Crippen LogP contribution >= 0.6 is 0 Å². The van der Waals surface area contributed by atoms with Gasteiger partial charge in [0.25, 0.3) is 0 Å². The van der Waals surface area contributed by atoms with Gasteiger partial charge in [0.05, 0.1) is 11.9 Å². The number of likely N-dealkylation sites (N-methyl/N-ethyl adjacent to an activating group) is 1. The van der Waals surface area contributed by atoms with Crippen LogP contribution in [0.2, 0.25) is 0 Å². The molecule has 0 unspecified atom stereocenters. The van der Waals surface area contributed by atoms with Gasteiger partial charge in [-0.1, -0.05) is 6.07 Å². The van der Waals surface area contributed by atoms with Gasteiger partial charge in [0.15, 0.2) is 11.5 Å². The fourth-order valence-corrected chi connectivity index (χ4v) is 2.10. The van der Waals surface area contributed by atoms with Crippen LogP contribution in [0.5, 0.6) is 11.5 Å². The Morgan fingerprint density at radius 1 is 1.16 bits per heavy atom. The molecule has 8 nitrogen and oxygen atoms in total. The summed E-state index contributed by atoms with van der Waals surface area (Å²) in [5.74, 6) is -1.96. The lowest BCUT2D eigenvalue weighted by atomic mass is 10.1. The van der Waals surface area contributed by atoms with Crippen LogP contribution in [0.15, 0.2) is 42.7 Å². The van der Waals surface area contributed by atoms with Crippen LogP contribution in [0.4, 0.5) is 5.69 Å². The van der Waals surface area contributed by atoms with E-state index in [0.717, 1.165) is 30.2 Å². The molecule has 0 saturated heterocycles. The van der Waals surface area contributed by atoms with E-state index < -0.39 is 11.9 Å². The van der Waals surface area contributed by atoms with Gasteiger partial charge in [-0.2, -0.15) is 0 Å². The van der Waals surface area contributed by atoms with Crippen LogP contribution in [0, 0.1) is 0 Å². The topological polar surface area (TPSA) is 109 Å². The molecule has 0 fully saturated rings. The molecule has 3 rings (SSSR count). The lowest BCUT2D eigenvalue weighted by Crippen LogP contribution is -2.20. The number of rotatable bonds is 4. The van der Waals surface area contributed by atoms with Crippen molar-refractivity contribution < 1.29 is 29.3 Å². The quantitative estimate of drug-likeness (QED) is 0.804. The van der Waals surface area contributed by atoms with Gasteiger partial charge >= 0.3 is 11.9 Å². The molecule has 1 aliphatic rings. The second kappa shape index (κ2) is 8.53. The van der Waals surface area contributed by atoms with Crippen LogP contribution in [-0.4, -0.2) is 47.5 Å². The Bertz CT molecular complexity index is 723. The highest BCUT2D eigenvalue weighted by Crippen LogP contribution is 2.32. The maximum atomic E-state index is 9.10. The third-order valence-corrected chi connectivity index (χ3v) is 3.44. The highest BCUT2D eigenvalue weighted by molar-refractivity contribution is 6.27. The van der Waals surface area contributed by atoms with E-state index in [2.05, 4.69) is 35.1 Å². The first-order chi connectivity index (χ1) is 12.0. The molecule has 1 aliphatic heterocycles. The minimum absolute atomic E-state index is 0.328. The summed E-state index contributed by atoms with van der Waals surface area (Å²) in [6.07, 6.45) is 4.62. The van der Waals surface area contributed by atoms with Crippen molar-refractivity contribution in [3.63, 3.8) is 0 Å². The molecule has 2 heterocycles. The second-order valence-electron chi connectivity index (χ2n) is 5.18. The van der Waals surface area contributed by atoms with Gasteiger partial charge in [-0.25, -0.2) is 9.59 Å². The Labute approximate surface area is 144 Å². The van der Waals surface area contributed by atoms with E-state index in [-0.39, 0.29) is 0 Å². The molecule has 0 atom stereocenters. The smallest absolute Gasteiger partial charge is 0.414 e. The molecule has 0 saturated carbocycles.